The van der Waals surface area contributed by atoms with Crippen LogP contribution in [-0.4, -0.2) is 58.8 Å². The number of carbonyl (C=O) groups is 2. The first-order valence-electron chi connectivity index (χ1n) is 16.2. The molecule has 0 saturated carbocycles. The van der Waals surface area contributed by atoms with Crippen LogP contribution in [0.2, 0.25) is 0 Å². The summed E-state index contributed by atoms with van der Waals surface area (Å²) in [6.07, 6.45) is 3.72. The van der Waals surface area contributed by atoms with E-state index in [9.17, 15) is 9.59 Å². The van der Waals surface area contributed by atoms with Crippen molar-refractivity contribution in [3.05, 3.63) is 82.9 Å². The van der Waals surface area contributed by atoms with Crippen LogP contribution in [0.15, 0.2) is 54.6 Å². The number of rotatable bonds is 3. The van der Waals surface area contributed by atoms with Gasteiger partial charge in [-0.1, -0.05) is 36.2 Å². The molecular formula is C37H44BO9Y-. The van der Waals surface area contributed by atoms with Crippen LogP contribution in [0.3, 0.4) is 0 Å². The van der Waals surface area contributed by atoms with Crippen molar-refractivity contribution in [2.45, 2.75) is 110 Å². The van der Waals surface area contributed by atoms with E-state index in [1.165, 1.54) is 11.1 Å². The number of hydrogen-bond acceptors (Lipinski definition) is 7. The average molecular weight is 732 g/mol. The number of carboxylic acid groups (broad SMARTS) is 2. The number of carboxylic acids is 2. The topological polar surface area (TPSA) is 121 Å². The Morgan fingerprint density at radius 2 is 1.27 bits per heavy atom. The number of aryl methyl sites for hydroxylation is 4. The minimum absolute atomic E-state index is 0. The van der Waals surface area contributed by atoms with Crippen LogP contribution in [0.1, 0.15) is 76.1 Å². The summed E-state index contributed by atoms with van der Waals surface area (Å²) in [5.41, 5.74) is 5.09. The molecule has 3 aromatic carbocycles. The van der Waals surface area contributed by atoms with E-state index >= 15 is 0 Å². The fraction of sp³-hybridized carbons (Fsp3) is 0.459. The van der Waals surface area contributed by atoms with Crippen molar-refractivity contribution in [2.24, 2.45) is 0 Å². The average Bonchev–Trinajstić information content (AvgIpc) is 3.26. The van der Waals surface area contributed by atoms with Gasteiger partial charge in [0.25, 0.3) is 0 Å². The van der Waals surface area contributed by atoms with E-state index in [-0.39, 0.29) is 51.0 Å². The summed E-state index contributed by atoms with van der Waals surface area (Å²) >= 11 is 0. The second-order valence-corrected chi connectivity index (χ2v) is 13.5. The summed E-state index contributed by atoms with van der Waals surface area (Å²) in [6, 6.07) is 20.4. The van der Waals surface area contributed by atoms with Crippen LogP contribution in [-0.2, 0) is 70.9 Å². The van der Waals surface area contributed by atoms with Crippen molar-refractivity contribution in [2.75, 3.05) is 0 Å². The van der Waals surface area contributed by atoms with Gasteiger partial charge in [0.2, 0.25) is 0 Å². The molecule has 4 aliphatic rings. The molecule has 0 spiro atoms. The third-order valence-corrected chi connectivity index (χ3v) is 9.32. The molecule has 0 aliphatic carbocycles. The summed E-state index contributed by atoms with van der Waals surface area (Å²) < 4.78 is 28.7. The monoisotopic (exact) mass is 732 g/mol. The number of fused-ring (bicyclic) bond motifs is 3. The maximum absolute atomic E-state index is 10.7. The molecule has 11 heteroatoms. The Kier molecular flexibility index (Phi) is 12.4. The summed E-state index contributed by atoms with van der Waals surface area (Å²) in [5, 5.41) is 17.5. The predicted molar refractivity (Wildman–Crippen MR) is 178 cm³/mol. The Morgan fingerprint density at radius 3 is 1.90 bits per heavy atom. The van der Waals surface area contributed by atoms with Gasteiger partial charge < -0.3 is 33.7 Å². The van der Waals surface area contributed by atoms with E-state index in [1.54, 1.807) is 12.1 Å². The Morgan fingerprint density at radius 1 is 0.750 bits per heavy atom. The normalized spacial score (nSPS) is 22.5. The van der Waals surface area contributed by atoms with Gasteiger partial charge in [-0.3, -0.25) is 0 Å². The van der Waals surface area contributed by atoms with Crippen molar-refractivity contribution in [3.8, 4) is 17.2 Å². The molecule has 4 heterocycles. The van der Waals surface area contributed by atoms with E-state index in [1.807, 2.05) is 37.3 Å². The van der Waals surface area contributed by atoms with Crippen LogP contribution in [0.25, 0.3) is 0 Å². The molecule has 1 radical (unpaired) electrons. The molecule has 253 valence electrons. The van der Waals surface area contributed by atoms with Gasteiger partial charge in [0.05, 0.1) is 17.3 Å². The van der Waals surface area contributed by atoms with Crippen molar-refractivity contribution < 1.29 is 76.0 Å². The van der Waals surface area contributed by atoms with E-state index < -0.39 is 24.1 Å². The largest absolute Gasteiger partial charge is 0.504 e. The van der Waals surface area contributed by atoms with Gasteiger partial charge in [-0.15, -0.1) is 11.6 Å². The smallest absolute Gasteiger partial charge is 0.494 e. The first-order chi connectivity index (χ1) is 22.2. The molecule has 7 rings (SSSR count). The second-order valence-electron chi connectivity index (χ2n) is 13.5. The number of hydrogen-bond donors (Lipinski definition) is 2. The van der Waals surface area contributed by atoms with E-state index in [0.29, 0.717) is 30.4 Å². The molecule has 1 fully saturated rings. The molecule has 3 aromatic rings. The van der Waals surface area contributed by atoms with Gasteiger partial charge in [-0.2, -0.15) is 18.2 Å². The summed E-state index contributed by atoms with van der Waals surface area (Å²) in [6.45, 7) is 12.5. The third kappa shape index (κ3) is 9.00. The summed E-state index contributed by atoms with van der Waals surface area (Å²) in [5.74, 6) is 0.630. The SMILES string of the molecule is CC1CCc2cc(B3OC(C)(C)C(C)(C)O3)ccc2O1.Cc1ccc2c(c1)CCC(C(=O)O)O2.O=C(O)C1CCc2c[c-]ccc2O1.[Y]. The molecule has 48 heavy (non-hydrogen) atoms. The molecule has 9 nitrogen and oxygen atoms in total. The van der Waals surface area contributed by atoms with E-state index in [4.69, 9.17) is 33.7 Å². The van der Waals surface area contributed by atoms with Crippen LogP contribution < -0.4 is 19.7 Å². The van der Waals surface area contributed by atoms with Crippen LogP contribution in [0.4, 0.5) is 0 Å². The zero-order valence-electron chi connectivity index (χ0n) is 28.6. The minimum Gasteiger partial charge on any atom is -0.504 e. The zero-order chi connectivity index (χ0) is 33.9. The number of ether oxygens (including phenoxy) is 3. The molecule has 4 aliphatic heterocycles. The van der Waals surface area contributed by atoms with Crippen molar-refractivity contribution in [3.63, 3.8) is 0 Å². The van der Waals surface area contributed by atoms with Gasteiger partial charge in [0.1, 0.15) is 11.5 Å². The Hall–Kier alpha value is -2.91. The first kappa shape index (κ1) is 37.9. The third-order valence-electron chi connectivity index (χ3n) is 9.32. The van der Waals surface area contributed by atoms with Gasteiger partial charge in [0, 0.05) is 38.5 Å². The molecule has 0 amide bonds. The zero-order valence-corrected chi connectivity index (χ0v) is 31.4. The van der Waals surface area contributed by atoms with Gasteiger partial charge >= 0.3 is 19.1 Å². The van der Waals surface area contributed by atoms with Crippen LogP contribution in [0, 0.1) is 13.0 Å². The molecular weight excluding hydrogens is 688 g/mol. The number of aliphatic carboxylic acids is 2. The number of benzene rings is 3. The van der Waals surface area contributed by atoms with Crippen LogP contribution in [0.5, 0.6) is 17.2 Å². The van der Waals surface area contributed by atoms with Gasteiger partial charge in [-0.25, -0.2) is 9.59 Å². The summed E-state index contributed by atoms with van der Waals surface area (Å²) in [7, 11) is -0.287. The summed E-state index contributed by atoms with van der Waals surface area (Å²) in [4.78, 5) is 21.3. The maximum Gasteiger partial charge on any atom is 0.494 e. The fourth-order valence-corrected chi connectivity index (χ4v) is 5.79. The first-order valence-corrected chi connectivity index (χ1v) is 16.2. The Bertz CT molecular complexity index is 1590. The fourth-order valence-electron chi connectivity index (χ4n) is 5.79. The second kappa shape index (κ2) is 15.8. The van der Waals surface area contributed by atoms with Gasteiger partial charge in [-0.05, 0) is 102 Å². The standard InChI is InChI=1S/C16H23BO3.C11H12O3.C10H9O3.Y/c1-11-6-7-12-10-13(8-9-14(12)18-11)17-19-15(2,3)16(4,5)20-17;1-7-2-4-9-8(6-7)3-5-10(14-9)11(12)13;11-10(12)9-6-5-7-3-1-2-4-8(7)13-9;/h8-11H,6-7H2,1-5H3;2,4,6,10H,3,5H2,1H3,(H,12,13);2-4,9H,5-6H2,(H,11,12);/q;;-1;. The van der Waals surface area contributed by atoms with E-state index in [0.717, 1.165) is 48.0 Å². The quantitative estimate of drug-likeness (QED) is 0.257. The predicted octanol–water partition coefficient (Wildman–Crippen LogP) is 5.74. The van der Waals surface area contributed by atoms with Crippen molar-refractivity contribution >= 4 is 24.5 Å². The van der Waals surface area contributed by atoms with Gasteiger partial charge in [0.15, 0.2) is 12.2 Å². The Labute approximate surface area is 308 Å². The van der Waals surface area contributed by atoms with Crippen molar-refractivity contribution in [1.29, 1.82) is 0 Å². The maximum atomic E-state index is 10.7. The molecule has 2 N–H and O–H groups in total. The van der Waals surface area contributed by atoms with Crippen molar-refractivity contribution in [1.82, 2.24) is 0 Å². The molecule has 0 aromatic heterocycles. The Balaban J connectivity index is 0.000000166. The molecule has 3 atom stereocenters. The van der Waals surface area contributed by atoms with E-state index in [2.05, 4.69) is 52.8 Å². The molecule has 3 unspecified atom stereocenters. The minimum atomic E-state index is -0.890. The molecule has 1 saturated heterocycles. The molecule has 0 bridgehead atoms. The van der Waals surface area contributed by atoms with Crippen LogP contribution >= 0.6 is 0 Å².